The van der Waals surface area contributed by atoms with Crippen LogP contribution < -0.4 is 5.32 Å². The zero-order chi connectivity index (χ0) is 12.1. The summed E-state index contributed by atoms with van der Waals surface area (Å²) in [6, 6.07) is 1.36. The highest BCUT2D eigenvalue weighted by atomic mass is 15.2. The molecule has 2 heteroatoms. The third kappa shape index (κ3) is 4.42. The van der Waals surface area contributed by atoms with E-state index in [9.17, 15) is 0 Å². The van der Waals surface area contributed by atoms with Crippen molar-refractivity contribution in [3.8, 4) is 0 Å². The van der Waals surface area contributed by atoms with Gasteiger partial charge in [-0.1, -0.05) is 13.8 Å². The molecule has 1 aliphatic heterocycles. The standard InChI is InChI=1S/C14H30N2/c1-11(2)13(5)15-9-14-7-6-8-16(10-14)12(3)4/h11-15H,6-10H2,1-5H3. The largest absolute Gasteiger partial charge is 0.314 e. The van der Waals surface area contributed by atoms with Gasteiger partial charge in [-0.05, 0) is 58.5 Å². The van der Waals surface area contributed by atoms with E-state index in [4.69, 9.17) is 0 Å². The summed E-state index contributed by atoms with van der Waals surface area (Å²) in [6.45, 7) is 15.3. The molecule has 1 saturated heterocycles. The Kier molecular flexibility index (Phi) is 5.77. The lowest BCUT2D eigenvalue weighted by Crippen LogP contribution is -2.44. The number of nitrogens with one attached hydrogen (secondary N) is 1. The Morgan fingerprint density at radius 1 is 1.19 bits per heavy atom. The van der Waals surface area contributed by atoms with Crippen molar-refractivity contribution in [1.29, 1.82) is 0 Å². The molecule has 0 radical (unpaired) electrons. The summed E-state index contributed by atoms with van der Waals surface area (Å²) in [5.74, 6) is 1.60. The van der Waals surface area contributed by atoms with E-state index in [1.54, 1.807) is 0 Å². The molecule has 2 atom stereocenters. The van der Waals surface area contributed by atoms with E-state index in [2.05, 4.69) is 44.8 Å². The Labute approximate surface area is 102 Å². The van der Waals surface area contributed by atoms with Gasteiger partial charge in [-0.25, -0.2) is 0 Å². The highest BCUT2D eigenvalue weighted by molar-refractivity contribution is 4.78. The molecule has 2 nitrogen and oxygen atoms in total. The second-order valence-electron chi connectivity index (χ2n) is 6.04. The minimum absolute atomic E-state index is 0.648. The average Bonchev–Trinajstić information content (AvgIpc) is 2.26. The molecular weight excluding hydrogens is 196 g/mol. The van der Waals surface area contributed by atoms with Crippen LogP contribution in [0.2, 0.25) is 0 Å². The van der Waals surface area contributed by atoms with E-state index in [1.165, 1.54) is 32.5 Å². The van der Waals surface area contributed by atoms with Crippen molar-refractivity contribution in [3.63, 3.8) is 0 Å². The first kappa shape index (κ1) is 14.0. The molecule has 16 heavy (non-hydrogen) atoms. The monoisotopic (exact) mass is 226 g/mol. The van der Waals surface area contributed by atoms with Gasteiger partial charge < -0.3 is 10.2 Å². The minimum Gasteiger partial charge on any atom is -0.314 e. The van der Waals surface area contributed by atoms with Crippen LogP contribution in [0.5, 0.6) is 0 Å². The van der Waals surface area contributed by atoms with Gasteiger partial charge in [0.15, 0.2) is 0 Å². The first-order valence-corrected chi connectivity index (χ1v) is 6.98. The van der Waals surface area contributed by atoms with Crippen LogP contribution in [0.3, 0.4) is 0 Å². The summed E-state index contributed by atoms with van der Waals surface area (Å²) in [4.78, 5) is 2.62. The predicted octanol–water partition coefficient (Wildman–Crippen LogP) is 2.74. The van der Waals surface area contributed by atoms with Crippen molar-refractivity contribution >= 4 is 0 Å². The van der Waals surface area contributed by atoms with Crippen molar-refractivity contribution in [3.05, 3.63) is 0 Å². The minimum atomic E-state index is 0.648. The van der Waals surface area contributed by atoms with Gasteiger partial charge in [0.05, 0.1) is 0 Å². The fourth-order valence-electron chi connectivity index (χ4n) is 2.32. The molecule has 0 bridgehead atoms. The number of hydrogen-bond acceptors (Lipinski definition) is 2. The fraction of sp³-hybridized carbons (Fsp3) is 1.00. The lowest BCUT2D eigenvalue weighted by atomic mass is 9.96. The van der Waals surface area contributed by atoms with Crippen LogP contribution in [-0.2, 0) is 0 Å². The van der Waals surface area contributed by atoms with E-state index >= 15 is 0 Å². The summed E-state index contributed by atoms with van der Waals surface area (Å²) in [7, 11) is 0. The molecule has 96 valence electrons. The molecule has 1 fully saturated rings. The van der Waals surface area contributed by atoms with Gasteiger partial charge >= 0.3 is 0 Å². The van der Waals surface area contributed by atoms with Gasteiger partial charge in [0.25, 0.3) is 0 Å². The molecule has 0 aromatic carbocycles. The Morgan fingerprint density at radius 3 is 2.44 bits per heavy atom. The second-order valence-corrected chi connectivity index (χ2v) is 6.04. The molecule has 1 heterocycles. The van der Waals surface area contributed by atoms with Crippen LogP contribution in [0.25, 0.3) is 0 Å². The number of hydrogen-bond donors (Lipinski definition) is 1. The van der Waals surface area contributed by atoms with Crippen molar-refractivity contribution in [1.82, 2.24) is 10.2 Å². The topological polar surface area (TPSA) is 15.3 Å². The van der Waals surface area contributed by atoms with Crippen LogP contribution in [-0.4, -0.2) is 36.6 Å². The van der Waals surface area contributed by atoms with Gasteiger partial charge in [0, 0.05) is 18.6 Å². The molecular formula is C14H30N2. The lowest BCUT2D eigenvalue weighted by molar-refractivity contribution is 0.136. The van der Waals surface area contributed by atoms with Gasteiger partial charge in [-0.3, -0.25) is 0 Å². The zero-order valence-corrected chi connectivity index (χ0v) is 11.8. The van der Waals surface area contributed by atoms with Crippen molar-refractivity contribution in [2.45, 2.75) is 59.5 Å². The normalized spacial score (nSPS) is 25.3. The molecule has 0 amide bonds. The first-order valence-electron chi connectivity index (χ1n) is 6.98. The predicted molar refractivity (Wildman–Crippen MR) is 71.7 cm³/mol. The Hall–Kier alpha value is -0.0800. The van der Waals surface area contributed by atoms with E-state index < -0.39 is 0 Å². The van der Waals surface area contributed by atoms with E-state index in [0.29, 0.717) is 12.1 Å². The molecule has 0 aliphatic carbocycles. The van der Waals surface area contributed by atoms with Gasteiger partial charge in [0.2, 0.25) is 0 Å². The Bertz CT molecular complexity index is 189. The third-order valence-electron chi connectivity index (χ3n) is 4.01. The van der Waals surface area contributed by atoms with Crippen molar-refractivity contribution in [2.75, 3.05) is 19.6 Å². The number of rotatable bonds is 5. The molecule has 0 aromatic rings. The van der Waals surface area contributed by atoms with Crippen LogP contribution in [0.15, 0.2) is 0 Å². The molecule has 1 aliphatic rings. The maximum absolute atomic E-state index is 3.68. The summed E-state index contributed by atoms with van der Waals surface area (Å²) in [5.41, 5.74) is 0. The second kappa shape index (κ2) is 6.61. The first-order chi connectivity index (χ1) is 7.50. The molecule has 0 spiro atoms. The SMILES string of the molecule is CC(C)C(C)NCC1CCCN(C(C)C)C1. The number of piperidine rings is 1. The van der Waals surface area contributed by atoms with Crippen molar-refractivity contribution < 1.29 is 0 Å². The van der Waals surface area contributed by atoms with Crippen LogP contribution in [0.4, 0.5) is 0 Å². The molecule has 1 N–H and O–H groups in total. The van der Waals surface area contributed by atoms with Gasteiger partial charge in [0.1, 0.15) is 0 Å². The third-order valence-corrected chi connectivity index (χ3v) is 4.01. The molecule has 1 rings (SSSR count). The maximum Gasteiger partial charge on any atom is 0.00618 e. The smallest absolute Gasteiger partial charge is 0.00618 e. The highest BCUT2D eigenvalue weighted by Crippen LogP contribution is 2.18. The Balaban J connectivity index is 2.26. The number of likely N-dealkylation sites (tertiary alicyclic amines) is 1. The van der Waals surface area contributed by atoms with Crippen LogP contribution in [0.1, 0.15) is 47.5 Å². The Morgan fingerprint density at radius 2 is 1.88 bits per heavy atom. The van der Waals surface area contributed by atoms with Gasteiger partial charge in [-0.2, -0.15) is 0 Å². The molecule has 0 aromatic heterocycles. The van der Waals surface area contributed by atoms with Crippen molar-refractivity contribution in [2.24, 2.45) is 11.8 Å². The van der Waals surface area contributed by atoms with E-state index in [0.717, 1.165) is 11.8 Å². The summed E-state index contributed by atoms with van der Waals surface area (Å²) in [6.07, 6.45) is 2.78. The lowest BCUT2D eigenvalue weighted by Gasteiger charge is -2.36. The summed E-state index contributed by atoms with van der Waals surface area (Å²) >= 11 is 0. The van der Waals surface area contributed by atoms with E-state index in [-0.39, 0.29) is 0 Å². The quantitative estimate of drug-likeness (QED) is 0.775. The van der Waals surface area contributed by atoms with Gasteiger partial charge in [-0.15, -0.1) is 0 Å². The maximum atomic E-state index is 3.68. The van der Waals surface area contributed by atoms with E-state index in [1.807, 2.05) is 0 Å². The summed E-state index contributed by atoms with van der Waals surface area (Å²) < 4.78 is 0. The number of nitrogens with zero attached hydrogens (tertiary/aromatic N) is 1. The molecule has 2 unspecified atom stereocenters. The van der Waals surface area contributed by atoms with Crippen LogP contribution in [0, 0.1) is 11.8 Å². The average molecular weight is 226 g/mol. The fourth-order valence-corrected chi connectivity index (χ4v) is 2.32. The zero-order valence-electron chi connectivity index (χ0n) is 11.8. The highest BCUT2D eigenvalue weighted by Gasteiger charge is 2.21. The molecule has 0 saturated carbocycles. The van der Waals surface area contributed by atoms with Crippen LogP contribution >= 0.6 is 0 Å². The summed E-state index contributed by atoms with van der Waals surface area (Å²) in [5, 5.41) is 3.68.